The molecule has 1 N–H and O–H groups in total. The van der Waals surface area contributed by atoms with E-state index in [0.717, 1.165) is 6.07 Å². The number of carboxylic acids is 1. The Kier molecular flexibility index (Phi) is 6.22. The van der Waals surface area contributed by atoms with Crippen molar-refractivity contribution in [3.05, 3.63) is 69.2 Å². The van der Waals surface area contributed by atoms with E-state index >= 15 is 0 Å². The van der Waals surface area contributed by atoms with Crippen LogP contribution in [0.1, 0.15) is 35.6 Å². The first kappa shape index (κ1) is 21.0. The summed E-state index contributed by atoms with van der Waals surface area (Å²) < 4.78 is 40.1. The molecule has 2 aromatic carbocycles. The summed E-state index contributed by atoms with van der Waals surface area (Å²) in [6.07, 6.45) is -3.42. The first-order chi connectivity index (χ1) is 13.2. The molecule has 0 bridgehead atoms. The summed E-state index contributed by atoms with van der Waals surface area (Å²) in [5.74, 6) is -1.48. The van der Waals surface area contributed by atoms with Crippen LogP contribution < -0.4 is 0 Å². The average Bonchev–Trinajstić information content (AvgIpc) is 2.64. The van der Waals surface area contributed by atoms with Gasteiger partial charge in [0.2, 0.25) is 0 Å². The molecular weight excluding hydrogens is 414 g/mol. The Hall–Kier alpha value is -1.76. The third-order valence-electron chi connectivity index (χ3n) is 4.98. The van der Waals surface area contributed by atoms with Gasteiger partial charge >= 0.3 is 12.1 Å². The van der Waals surface area contributed by atoms with Crippen LogP contribution in [0.15, 0.2) is 42.5 Å². The summed E-state index contributed by atoms with van der Waals surface area (Å²) in [4.78, 5) is 13.4. The van der Waals surface area contributed by atoms with E-state index in [9.17, 15) is 23.1 Å². The number of likely N-dealkylation sites (tertiary alicyclic amines) is 1. The van der Waals surface area contributed by atoms with Gasteiger partial charge in [0.15, 0.2) is 0 Å². The van der Waals surface area contributed by atoms with E-state index in [1.807, 2.05) is 4.90 Å². The van der Waals surface area contributed by atoms with Crippen LogP contribution in [0.25, 0.3) is 0 Å². The van der Waals surface area contributed by atoms with Crippen LogP contribution >= 0.6 is 23.2 Å². The van der Waals surface area contributed by atoms with Gasteiger partial charge in [-0.1, -0.05) is 47.5 Å². The molecule has 150 valence electrons. The zero-order valence-electron chi connectivity index (χ0n) is 14.7. The molecule has 1 fully saturated rings. The molecule has 1 aliphatic heterocycles. The molecule has 2 aromatic rings. The summed E-state index contributed by atoms with van der Waals surface area (Å²) in [6, 6.07) is 10.1. The molecule has 0 saturated carbocycles. The molecule has 0 spiro atoms. The van der Waals surface area contributed by atoms with Crippen molar-refractivity contribution in [2.45, 2.75) is 25.1 Å². The van der Waals surface area contributed by atoms with Crippen LogP contribution in [0, 0.1) is 5.92 Å². The van der Waals surface area contributed by atoms with Crippen molar-refractivity contribution in [1.82, 2.24) is 4.90 Å². The van der Waals surface area contributed by atoms with Gasteiger partial charge in [-0.2, -0.15) is 13.2 Å². The van der Waals surface area contributed by atoms with Crippen LogP contribution in [0.3, 0.4) is 0 Å². The minimum Gasteiger partial charge on any atom is -0.481 e. The Morgan fingerprint density at radius 1 is 1.14 bits per heavy atom. The van der Waals surface area contributed by atoms with Crippen molar-refractivity contribution in [2.24, 2.45) is 5.92 Å². The van der Waals surface area contributed by atoms with E-state index in [1.54, 1.807) is 24.3 Å². The van der Waals surface area contributed by atoms with E-state index < -0.39 is 29.7 Å². The zero-order valence-corrected chi connectivity index (χ0v) is 16.2. The number of hydrogen-bond acceptors (Lipinski definition) is 2. The van der Waals surface area contributed by atoms with Gasteiger partial charge in [-0.3, -0.25) is 9.69 Å². The Morgan fingerprint density at radius 2 is 1.86 bits per heavy atom. The third-order valence-corrected chi connectivity index (χ3v) is 5.65. The Balaban J connectivity index is 2.10. The lowest BCUT2D eigenvalue weighted by molar-refractivity contribution is -0.143. The molecule has 1 aliphatic rings. The average molecular weight is 432 g/mol. The number of carbonyl (C=O) groups is 1. The molecular formula is C20H18Cl2F3NO2. The predicted octanol–water partition coefficient (Wildman–Crippen LogP) is 5.90. The van der Waals surface area contributed by atoms with Crippen LogP contribution in [-0.4, -0.2) is 29.1 Å². The zero-order chi connectivity index (χ0) is 20.5. The summed E-state index contributed by atoms with van der Waals surface area (Å²) >= 11 is 12.1. The van der Waals surface area contributed by atoms with Gasteiger partial charge in [0.25, 0.3) is 0 Å². The molecule has 3 nitrogen and oxygen atoms in total. The van der Waals surface area contributed by atoms with Crippen molar-refractivity contribution in [2.75, 3.05) is 13.1 Å². The topological polar surface area (TPSA) is 40.5 Å². The summed E-state index contributed by atoms with van der Waals surface area (Å²) in [6.45, 7) is 0.791. The normalized spacial score (nSPS) is 19.4. The second-order valence-corrected chi connectivity index (χ2v) is 7.65. The molecule has 2 unspecified atom stereocenters. The smallest absolute Gasteiger partial charge is 0.417 e. The number of carboxylic acid groups (broad SMARTS) is 1. The fourth-order valence-electron chi connectivity index (χ4n) is 3.66. The van der Waals surface area contributed by atoms with E-state index in [0.29, 0.717) is 35.5 Å². The van der Waals surface area contributed by atoms with Gasteiger partial charge < -0.3 is 5.11 Å². The van der Waals surface area contributed by atoms with E-state index in [4.69, 9.17) is 23.2 Å². The van der Waals surface area contributed by atoms with Crippen molar-refractivity contribution in [1.29, 1.82) is 0 Å². The molecule has 8 heteroatoms. The van der Waals surface area contributed by atoms with Crippen molar-refractivity contribution in [3.63, 3.8) is 0 Å². The maximum Gasteiger partial charge on any atom is 0.417 e. The van der Waals surface area contributed by atoms with Crippen LogP contribution in [0.5, 0.6) is 0 Å². The quantitative estimate of drug-likeness (QED) is 0.654. The second-order valence-electron chi connectivity index (χ2n) is 6.83. The standard InChI is InChI=1S/C20H18Cl2F3NO2/c21-16-6-2-1-5-14(16)18(26-9-3-4-13(11-26)19(27)28)12-7-8-17(22)15(10-12)20(23,24)25/h1-2,5-8,10,13,18H,3-4,9,11H2,(H,27,28). The maximum atomic E-state index is 13.4. The highest BCUT2D eigenvalue weighted by atomic mass is 35.5. The molecule has 28 heavy (non-hydrogen) atoms. The molecule has 0 radical (unpaired) electrons. The lowest BCUT2D eigenvalue weighted by atomic mass is 9.90. The van der Waals surface area contributed by atoms with Crippen molar-refractivity contribution < 1.29 is 23.1 Å². The number of rotatable bonds is 4. The SMILES string of the molecule is O=C(O)C1CCCN(C(c2ccc(Cl)c(C(F)(F)F)c2)c2ccccc2Cl)C1. The lowest BCUT2D eigenvalue weighted by Crippen LogP contribution is -2.41. The first-order valence-electron chi connectivity index (χ1n) is 8.76. The minimum atomic E-state index is -4.59. The molecule has 1 saturated heterocycles. The molecule has 0 aromatic heterocycles. The summed E-state index contributed by atoms with van der Waals surface area (Å²) in [5.41, 5.74) is 0.0806. The monoisotopic (exact) mass is 431 g/mol. The first-order valence-corrected chi connectivity index (χ1v) is 9.52. The number of piperidine rings is 1. The largest absolute Gasteiger partial charge is 0.481 e. The molecule has 0 amide bonds. The third kappa shape index (κ3) is 4.45. The van der Waals surface area contributed by atoms with Crippen LogP contribution in [0.4, 0.5) is 13.2 Å². The number of nitrogens with zero attached hydrogens (tertiary/aromatic N) is 1. The minimum absolute atomic E-state index is 0.231. The van der Waals surface area contributed by atoms with Gasteiger partial charge in [-0.25, -0.2) is 0 Å². The predicted molar refractivity (Wildman–Crippen MR) is 102 cm³/mol. The van der Waals surface area contributed by atoms with Gasteiger partial charge in [0.1, 0.15) is 0 Å². The maximum absolute atomic E-state index is 13.4. The molecule has 3 rings (SSSR count). The number of hydrogen-bond donors (Lipinski definition) is 1. The Morgan fingerprint density at radius 3 is 2.50 bits per heavy atom. The highest BCUT2D eigenvalue weighted by molar-refractivity contribution is 6.31. The Bertz CT molecular complexity index is 873. The highest BCUT2D eigenvalue weighted by Crippen LogP contribution is 2.40. The number of aliphatic carboxylic acids is 1. The van der Waals surface area contributed by atoms with Crippen LogP contribution in [-0.2, 0) is 11.0 Å². The fourth-order valence-corrected chi connectivity index (χ4v) is 4.12. The van der Waals surface area contributed by atoms with E-state index in [1.165, 1.54) is 12.1 Å². The summed E-state index contributed by atoms with van der Waals surface area (Å²) in [7, 11) is 0. The molecule has 0 aliphatic carbocycles. The molecule has 1 heterocycles. The Labute approximate surface area is 170 Å². The van der Waals surface area contributed by atoms with E-state index in [2.05, 4.69) is 0 Å². The lowest BCUT2D eigenvalue weighted by Gasteiger charge is -2.38. The number of alkyl halides is 3. The van der Waals surface area contributed by atoms with Gasteiger partial charge in [-0.15, -0.1) is 0 Å². The van der Waals surface area contributed by atoms with Gasteiger partial charge in [0, 0.05) is 11.6 Å². The van der Waals surface area contributed by atoms with Crippen molar-refractivity contribution >= 4 is 29.2 Å². The second kappa shape index (κ2) is 8.31. The van der Waals surface area contributed by atoms with E-state index in [-0.39, 0.29) is 11.6 Å². The number of benzene rings is 2. The number of halogens is 5. The van der Waals surface area contributed by atoms with Crippen molar-refractivity contribution in [3.8, 4) is 0 Å². The van der Waals surface area contributed by atoms with Crippen LogP contribution in [0.2, 0.25) is 10.0 Å². The summed E-state index contributed by atoms with van der Waals surface area (Å²) in [5, 5.41) is 9.43. The fraction of sp³-hybridized carbons (Fsp3) is 0.350. The van der Waals surface area contributed by atoms with Gasteiger partial charge in [0.05, 0.1) is 22.5 Å². The van der Waals surface area contributed by atoms with Gasteiger partial charge in [-0.05, 0) is 48.7 Å². The highest BCUT2D eigenvalue weighted by Gasteiger charge is 2.36. The molecule has 2 atom stereocenters.